The largest absolute Gasteiger partial charge is 0.337 e. The lowest BCUT2D eigenvalue weighted by Crippen LogP contribution is -2.37. The van der Waals surface area contributed by atoms with Gasteiger partial charge in [-0.2, -0.15) is 0 Å². The monoisotopic (exact) mass is 514 g/mol. The van der Waals surface area contributed by atoms with Crippen LogP contribution in [0.15, 0.2) is 83.8 Å². The van der Waals surface area contributed by atoms with Gasteiger partial charge in [0.2, 0.25) is 0 Å². The van der Waals surface area contributed by atoms with E-state index in [1.54, 1.807) is 36.4 Å². The Hall–Kier alpha value is -3.49. The van der Waals surface area contributed by atoms with Crippen LogP contribution in [0.1, 0.15) is 41.0 Å². The summed E-state index contributed by atoms with van der Waals surface area (Å²) in [6, 6.07) is 23.7. The van der Waals surface area contributed by atoms with Crippen LogP contribution in [0.4, 0.5) is 0 Å². The molecule has 0 aliphatic carbocycles. The molecule has 3 heterocycles. The Kier molecular flexibility index (Phi) is 6.30. The van der Waals surface area contributed by atoms with Gasteiger partial charge in [0.05, 0.1) is 15.9 Å². The van der Waals surface area contributed by atoms with Gasteiger partial charge in [0.1, 0.15) is 5.82 Å². The Morgan fingerprint density at radius 2 is 1.57 bits per heavy atom. The molecule has 2 aliphatic heterocycles. The highest BCUT2D eigenvalue weighted by atomic mass is 32.2. The van der Waals surface area contributed by atoms with Crippen molar-refractivity contribution in [3.63, 3.8) is 0 Å². The average molecular weight is 515 g/mol. The SMILES string of the molecule is O=C(c1ccc(Cc2nc3ccccc3n2S(=O)(=O)c2ccccc2)cc1)N1CC[C@H](N2CCCC2)C1. The summed E-state index contributed by atoms with van der Waals surface area (Å²) in [5.74, 6) is 0.504. The highest BCUT2D eigenvalue weighted by Crippen LogP contribution is 2.26. The Morgan fingerprint density at radius 3 is 2.32 bits per heavy atom. The molecule has 7 nitrogen and oxygen atoms in total. The van der Waals surface area contributed by atoms with Crippen molar-refractivity contribution >= 4 is 27.0 Å². The maximum atomic E-state index is 13.6. The van der Waals surface area contributed by atoms with Crippen molar-refractivity contribution in [2.24, 2.45) is 0 Å². The van der Waals surface area contributed by atoms with Crippen LogP contribution in [-0.4, -0.2) is 65.3 Å². The molecule has 0 bridgehead atoms. The fourth-order valence-corrected chi connectivity index (χ4v) is 7.10. The van der Waals surface area contributed by atoms with Gasteiger partial charge in [0.25, 0.3) is 15.9 Å². The highest BCUT2D eigenvalue weighted by Gasteiger charge is 2.32. The molecule has 0 N–H and O–H groups in total. The van der Waals surface area contributed by atoms with Crippen molar-refractivity contribution in [2.45, 2.75) is 36.6 Å². The predicted octanol–water partition coefficient (Wildman–Crippen LogP) is 4.17. The normalized spacial score (nSPS) is 18.6. The molecule has 0 saturated carbocycles. The minimum Gasteiger partial charge on any atom is -0.337 e. The molecule has 6 rings (SSSR count). The third-order valence-corrected chi connectivity index (χ3v) is 9.29. The van der Waals surface area contributed by atoms with Crippen molar-refractivity contribution in [1.29, 1.82) is 0 Å². The summed E-state index contributed by atoms with van der Waals surface area (Å²) < 4.78 is 28.5. The molecule has 1 atom stereocenters. The Balaban J connectivity index is 1.24. The lowest BCUT2D eigenvalue weighted by molar-refractivity contribution is 0.0780. The second-order valence-corrected chi connectivity index (χ2v) is 11.7. The van der Waals surface area contributed by atoms with Gasteiger partial charge in [-0.05, 0) is 74.3 Å². The van der Waals surface area contributed by atoms with E-state index in [1.165, 1.54) is 16.8 Å². The second-order valence-electron chi connectivity index (χ2n) is 9.91. The molecule has 2 aliphatic rings. The van der Waals surface area contributed by atoms with Gasteiger partial charge >= 0.3 is 0 Å². The van der Waals surface area contributed by atoms with Gasteiger partial charge in [-0.1, -0.05) is 42.5 Å². The fraction of sp³-hybridized carbons (Fsp3) is 0.310. The van der Waals surface area contributed by atoms with E-state index < -0.39 is 10.0 Å². The number of rotatable bonds is 6. The first-order chi connectivity index (χ1) is 18.0. The number of benzene rings is 3. The number of hydrogen-bond donors (Lipinski definition) is 0. The van der Waals surface area contributed by atoms with E-state index in [9.17, 15) is 13.2 Å². The van der Waals surface area contributed by atoms with Crippen LogP contribution in [0.3, 0.4) is 0 Å². The molecular formula is C29H30N4O3S. The van der Waals surface area contributed by atoms with Crippen LogP contribution in [0.5, 0.6) is 0 Å². The molecule has 0 radical (unpaired) electrons. The van der Waals surface area contributed by atoms with Crippen LogP contribution in [0, 0.1) is 0 Å². The lowest BCUT2D eigenvalue weighted by atomic mass is 10.1. The summed E-state index contributed by atoms with van der Waals surface area (Å²) in [4.78, 5) is 22.5. The van der Waals surface area contributed by atoms with Crippen LogP contribution in [0.2, 0.25) is 0 Å². The third kappa shape index (κ3) is 4.55. The van der Waals surface area contributed by atoms with E-state index in [-0.39, 0.29) is 10.8 Å². The lowest BCUT2D eigenvalue weighted by Gasteiger charge is -2.23. The summed E-state index contributed by atoms with van der Waals surface area (Å²) in [7, 11) is -3.83. The minimum absolute atomic E-state index is 0.0622. The molecule has 2 fully saturated rings. The maximum Gasteiger partial charge on any atom is 0.269 e. The summed E-state index contributed by atoms with van der Waals surface area (Å²) in [5.41, 5.74) is 2.74. The molecule has 1 aromatic heterocycles. The molecule has 1 amide bonds. The predicted molar refractivity (Wildman–Crippen MR) is 143 cm³/mol. The molecule has 37 heavy (non-hydrogen) atoms. The summed E-state index contributed by atoms with van der Waals surface area (Å²) in [5, 5.41) is 0. The number of aromatic nitrogens is 2. The van der Waals surface area contributed by atoms with Gasteiger partial charge in [0.15, 0.2) is 0 Å². The van der Waals surface area contributed by atoms with Gasteiger partial charge in [0, 0.05) is 31.1 Å². The van der Waals surface area contributed by atoms with E-state index in [1.807, 2.05) is 47.4 Å². The zero-order chi connectivity index (χ0) is 25.4. The number of nitrogens with zero attached hydrogens (tertiary/aromatic N) is 4. The fourth-order valence-electron chi connectivity index (χ4n) is 5.59. The number of amides is 1. The third-order valence-electron chi connectivity index (χ3n) is 7.54. The first-order valence-electron chi connectivity index (χ1n) is 12.9. The number of likely N-dealkylation sites (tertiary alicyclic amines) is 2. The number of para-hydroxylation sites is 2. The zero-order valence-electron chi connectivity index (χ0n) is 20.7. The Bertz CT molecular complexity index is 1520. The molecule has 4 aromatic rings. The van der Waals surface area contributed by atoms with Crippen LogP contribution >= 0.6 is 0 Å². The smallest absolute Gasteiger partial charge is 0.269 e. The zero-order valence-corrected chi connectivity index (χ0v) is 21.5. The van der Waals surface area contributed by atoms with E-state index in [4.69, 9.17) is 0 Å². The molecular weight excluding hydrogens is 484 g/mol. The minimum atomic E-state index is -3.83. The number of carbonyl (C=O) groups excluding carboxylic acids is 1. The van der Waals surface area contributed by atoms with Crippen molar-refractivity contribution in [3.05, 3.63) is 95.8 Å². The maximum absolute atomic E-state index is 13.6. The molecule has 3 aromatic carbocycles. The van der Waals surface area contributed by atoms with Crippen LogP contribution < -0.4 is 0 Å². The van der Waals surface area contributed by atoms with Crippen LogP contribution in [0.25, 0.3) is 11.0 Å². The first kappa shape index (κ1) is 23.9. The quantitative estimate of drug-likeness (QED) is 0.386. The topological polar surface area (TPSA) is 75.5 Å². The van der Waals surface area contributed by atoms with E-state index in [2.05, 4.69) is 9.88 Å². The van der Waals surface area contributed by atoms with Crippen molar-refractivity contribution in [3.8, 4) is 0 Å². The highest BCUT2D eigenvalue weighted by molar-refractivity contribution is 7.90. The second kappa shape index (κ2) is 9.76. The van der Waals surface area contributed by atoms with Gasteiger partial charge in [-0.15, -0.1) is 0 Å². The Morgan fingerprint density at radius 1 is 0.865 bits per heavy atom. The summed E-state index contributed by atoms with van der Waals surface area (Å²) in [6.45, 7) is 3.88. The van der Waals surface area contributed by atoms with Crippen molar-refractivity contribution < 1.29 is 13.2 Å². The van der Waals surface area contributed by atoms with Crippen molar-refractivity contribution in [1.82, 2.24) is 18.8 Å². The number of imidazole rings is 1. The molecule has 2 saturated heterocycles. The molecule has 190 valence electrons. The number of fused-ring (bicyclic) bond motifs is 1. The molecule has 0 unspecified atom stereocenters. The number of carbonyl (C=O) groups is 1. The van der Waals surface area contributed by atoms with Crippen LogP contribution in [-0.2, 0) is 16.4 Å². The van der Waals surface area contributed by atoms with Gasteiger partial charge in [-0.3, -0.25) is 9.69 Å². The average Bonchev–Trinajstić information content (AvgIpc) is 3.69. The summed E-state index contributed by atoms with van der Waals surface area (Å²) in [6.07, 6.45) is 3.88. The van der Waals surface area contributed by atoms with E-state index in [0.717, 1.165) is 38.2 Å². The van der Waals surface area contributed by atoms with Gasteiger partial charge < -0.3 is 4.90 Å². The standard InChI is InChI=1S/C29H30N4O3S/c34-29(32-19-16-24(21-32)31-17-6-7-18-31)23-14-12-22(13-15-23)20-28-30-26-10-4-5-11-27(26)33(28)37(35,36)25-8-2-1-3-9-25/h1-5,8-15,24H,6-7,16-21H2/t24-/m0/s1. The number of hydrogen-bond acceptors (Lipinski definition) is 5. The molecule has 0 spiro atoms. The summed E-state index contributed by atoms with van der Waals surface area (Å²) >= 11 is 0. The first-order valence-corrected chi connectivity index (χ1v) is 14.3. The Labute approximate surface area is 217 Å². The van der Waals surface area contributed by atoms with Crippen molar-refractivity contribution in [2.75, 3.05) is 26.2 Å². The van der Waals surface area contributed by atoms with Gasteiger partial charge in [-0.25, -0.2) is 17.4 Å². The van der Waals surface area contributed by atoms with E-state index >= 15 is 0 Å². The molecule has 8 heteroatoms. The van der Waals surface area contributed by atoms with E-state index in [0.29, 0.717) is 34.9 Å².